The second-order valence-electron chi connectivity index (χ2n) is 5.94. The molecule has 0 radical (unpaired) electrons. The van der Waals surface area contributed by atoms with Crippen LogP contribution >= 0.6 is 15.9 Å². The lowest BCUT2D eigenvalue weighted by Gasteiger charge is -2.35. The maximum Gasteiger partial charge on any atom is 0.393 e. The van der Waals surface area contributed by atoms with Crippen molar-refractivity contribution in [2.24, 2.45) is 5.92 Å². The Morgan fingerprint density at radius 2 is 1.81 bits per heavy atom. The zero-order chi connectivity index (χ0) is 15.5. The van der Waals surface area contributed by atoms with E-state index in [1.807, 2.05) is 31.2 Å². The van der Waals surface area contributed by atoms with Crippen LogP contribution in [0.5, 0.6) is 0 Å². The minimum absolute atomic E-state index is 0.0409. The third-order valence-electron chi connectivity index (χ3n) is 4.14. The van der Waals surface area contributed by atoms with Crippen molar-refractivity contribution < 1.29 is 13.2 Å². The molecular weight excluding hydrogens is 343 g/mol. The van der Waals surface area contributed by atoms with Gasteiger partial charge in [-0.25, -0.2) is 0 Å². The average molecular weight is 364 g/mol. The number of nitrogens with one attached hydrogen (secondary N) is 1. The third-order valence-corrected chi connectivity index (χ3v) is 4.67. The standard InChI is InChI=1S/C16H21BrF3N/c1-11(10-12-6-8-13(17)9-7-12)21-15-5-3-2-4-14(15)16(18,19)20/h6-9,11,14-15,21H,2-5,10H2,1H3. The molecule has 1 aliphatic rings. The number of halogens is 4. The minimum Gasteiger partial charge on any atom is -0.311 e. The molecule has 0 aliphatic heterocycles. The SMILES string of the molecule is CC(Cc1ccc(Br)cc1)NC1CCCCC1C(F)(F)F. The molecule has 0 saturated heterocycles. The molecule has 3 atom stereocenters. The fourth-order valence-electron chi connectivity index (χ4n) is 3.12. The summed E-state index contributed by atoms with van der Waals surface area (Å²) >= 11 is 3.38. The summed E-state index contributed by atoms with van der Waals surface area (Å²) in [5, 5.41) is 3.21. The van der Waals surface area contributed by atoms with Crippen molar-refractivity contribution in [3.05, 3.63) is 34.3 Å². The molecule has 0 spiro atoms. The van der Waals surface area contributed by atoms with Gasteiger partial charge in [-0.05, 0) is 43.9 Å². The molecule has 21 heavy (non-hydrogen) atoms. The van der Waals surface area contributed by atoms with Gasteiger partial charge in [0.25, 0.3) is 0 Å². The van der Waals surface area contributed by atoms with Crippen molar-refractivity contribution in [2.45, 2.75) is 57.3 Å². The molecule has 3 unspecified atom stereocenters. The fraction of sp³-hybridized carbons (Fsp3) is 0.625. The first-order chi connectivity index (χ1) is 9.86. The molecule has 0 bridgehead atoms. The maximum atomic E-state index is 13.1. The Hall–Kier alpha value is -0.550. The van der Waals surface area contributed by atoms with E-state index < -0.39 is 18.1 Å². The summed E-state index contributed by atoms with van der Waals surface area (Å²) in [7, 11) is 0. The predicted molar refractivity (Wildman–Crippen MR) is 82.2 cm³/mol. The van der Waals surface area contributed by atoms with Crippen LogP contribution in [0.2, 0.25) is 0 Å². The number of benzene rings is 1. The zero-order valence-electron chi connectivity index (χ0n) is 12.1. The first kappa shape index (κ1) is 16.8. The molecule has 1 nitrogen and oxygen atoms in total. The van der Waals surface area contributed by atoms with Crippen LogP contribution in [0.15, 0.2) is 28.7 Å². The highest BCUT2D eigenvalue weighted by Gasteiger charge is 2.45. The molecule has 2 rings (SSSR count). The molecular formula is C16H21BrF3N. The highest BCUT2D eigenvalue weighted by atomic mass is 79.9. The predicted octanol–water partition coefficient (Wildman–Crippen LogP) is 5.09. The van der Waals surface area contributed by atoms with Crippen molar-refractivity contribution in [3.8, 4) is 0 Å². The Morgan fingerprint density at radius 3 is 2.43 bits per heavy atom. The van der Waals surface area contributed by atoms with Crippen LogP contribution in [0.25, 0.3) is 0 Å². The van der Waals surface area contributed by atoms with E-state index in [9.17, 15) is 13.2 Å². The van der Waals surface area contributed by atoms with Crippen LogP contribution in [-0.2, 0) is 6.42 Å². The Bertz CT molecular complexity index is 444. The van der Waals surface area contributed by atoms with Gasteiger partial charge in [0.05, 0.1) is 5.92 Å². The lowest BCUT2D eigenvalue weighted by atomic mass is 9.83. The van der Waals surface area contributed by atoms with Gasteiger partial charge in [0, 0.05) is 16.6 Å². The number of alkyl halides is 3. The summed E-state index contributed by atoms with van der Waals surface area (Å²) < 4.78 is 40.2. The van der Waals surface area contributed by atoms with Crippen molar-refractivity contribution >= 4 is 15.9 Å². The average Bonchev–Trinajstić information content (AvgIpc) is 2.41. The first-order valence-electron chi connectivity index (χ1n) is 7.43. The summed E-state index contributed by atoms with van der Waals surface area (Å²) in [6, 6.07) is 7.53. The van der Waals surface area contributed by atoms with Crippen molar-refractivity contribution in [2.75, 3.05) is 0 Å². The molecule has 1 fully saturated rings. The van der Waals surface area contributed by atoms with Gasteiger partial charge in [-0.1, -0.05) is 40.9 Å². The van der Waals surface area contributed by atoms with E-state index in [0.29, 0.717) is 12.8 Å². The lowest BCUT2D eigenvalue weighted by molar-refractivity contribution is -0.189. The van der Waals surface area contributed by atoms with Gasteiger partial charge in [-0.2, -0.15) is 13.2 Å². The molecule has 0 heterocycles. The van der Waals surface area contributed by atoms with E-state index in [1.54, 1.807) is 0 Å². The second kappa shape index (κ2) is 7.14. The van der Waals surface area contributed by atoms with E-state index in [0.717, 1.165) is 22.9 Å². The van der Waals surface area contributed by atoms with Gasteiger partial charge in [0.2, 0.25) is 0 Å². The minimum atomic E-state index is -4.09. The highest BCUT2D eigenvalue weighted by molar-refractivity contribution is 9.10. The van der Waals surface area contributed by atoms with Gasteiger partial charge in [-0.3, -0.25) is 0 Å². The quantitative estimate of drug-likeness (QED) is 0.785. The summed E-state index contributed by atoms with van der Waals surface area (Å²) in [5.74, 6) is -1.20. The molecule has 1 aliphatic carbocycles. The van der Waals surface area contributed by atoms with E-state index in [4.69, 9.17) is 0 Å². The van der Waals surface area contributed by atoms with Crippen LogP contribution in [0.4, 0.5) is 13.2 Å². The molecule has 118 valence electrons. The van der Waals surface area contributed by atoms with Crippen LogP contribution in [0.3, 0.4) is 0 Å². The van der Waals surface area contributed by atoms with Crippen molar-refractivity contribution in [1.82, 2.24) is 5.32 Å². The van der Waals surface area contributed by atoms with E-state index in [1.165, 1.54) is 0 Å². The molecule has 0 amide bonds. The Balaban J connectivity index is 1.93. The maximum absolute atomic E-state index is 13.1. The van der Waals surface area contributed by atoms with E-state index >= 15 is 0 Å². The highest BCUT2D eigenvalue weighted by Crippen LogP contribution is 2.37. The molecule has 1 aromatic carbocycles. The molecule has 0 aromatic heterocycles. The number of rotatable bonds is 4. The van der Waals surface area contributed by atoms with Crippen LogP contribution in [0, 0.1) is 5.92 Å². The van der Waals surface area contributed by atoms with Crippen molar-refractivity contribution in [3.63, 3.8) is 0 Å². The lowest BCUT2D eigenvalue weighted by Crippen LogP contribution is -2.49. The normalized spacial score (nSPS) is 24.8. The van der Waals surface area contributed by atoms with E-state index in [-0.39, 0.29) is 12.5 Å². The molecule has 1 aromatic rings. The Kier molecular flexibility index (Phi) is 5.72. The molecule has 5 heteroatoms. The second-order valence-corrected chi connectivity index (χ2v) is 6.85. The Labute approximate surface area is 132 Å². The Morgan fingerprint density at radius 1 is 1.19 bits per heavy atom. The topological polar surface area (TPSA) is 12.0 Å². The summed E-state index contributed by atoms with van der Waals surface area (Å²) in [5.41, 5.74) is 1.14. The summed E-state index contributed by atoms with van der Waals surface area (Å²) in [6.45, 7) is 1.96. The van der Waals surface area contributed by atoms with Crippen LogP contribution < -0.4 is 5.32 Å². The third kappa shape index (κ3) is 4.99. The number of hydrogen-bond donors (Lipinski definition) is 1. The monoisotopic (exact) mass is 363 g/mol. The van der Waals surface area contributed by atoms with Gasteiger partial charge in [0.1, 0.15) is 0 Å². The van der Waals surface area contributed by atoms with Crippen molar-refractivity contribution in [1.29, 1.82) is 0 Å². The van der Waals surface area contributed by atoms with E-state index in [2.05, 4.69) is 21.2 Å². The summed E-state index contributed by atoms with van der Waals surface area (Å²) in [6.07, 6.45) is -0.899. The van der Waals surface area contributed by atoms with Crippen LogP contribution in [-0.4, -0.2) is 18.3 Å². The summed E-state index contributed by atoms with van der Waals surface area (Å²) in [4.78, 5) is 0. The molecule has 1 saturated carbocycles. The largest absolute Gasteiger partial charge is 0.393 e. The zero-order valence-corrected chi connectivity index (χ0v) is 13.7. The first-order valence-corrected chi connectivity index (χ1v) is 8.23. The molecule has 1 N–H and O–H groups in total. The fourth-order valence-corrected chi connectivity index (χ4v) is 3.38. The van der Waals surface area contributed by atoms with Crippen LogP contribution in [0.1, 0.15) is 38.2 Å². The van der Waals surface area contributed by atoms with Gasteiger partial charge in [-0.15, -0.1) is 0 Å². The van der Waals surface area contributed by atoms with Gasteiger partial charge in [0.15, 0.2) is 0 Å². The van der Waals surface area contributed by atoms with Gasteiger partial charge >= 0.3 is 6.18 Å². The number of hydrogen-bond acceptors (Lipinski definition) is 1. The van der Waals surface area contributed by atoms with Gasteiger partial charge < -0.3 is 5.32 Å². The smallest absolute Gasteiger partial charge is 0.311 e.